The van der Waals surface area contributed by atoms with Crippen LogP contribution in [0.25, 0.3) is 0 Å². The molecule has 4 atom stereocenters. The summed E-state index contributed by atoms with van der Waals surface area (Å²) in [7, 11) is 0. The normalized spacial score (nSPS) is 36.1. The van der Waals surface area contributed by atoms with Gasteiger partial charge in [-0.3, -0.25) is 0 Å². The predicted molar refractivity (Wildman–Crippen MR) is 127 cm³/mol. The summed E-state index contributed by atoms with van der Waals surface area (Å²) in [5, 5.41) is 12.6. The van der Waals surface area contributed by atoms with Crippen molar-refractivity contribution in [3.63, 3.8) is 0 Å². The molecule has 5 heteroatoms. The molecule has 4 unspecified atom stereocenters. The first-order valence-corrected chi connectivity index (χ1v) is 10.4. The molecule has 7 N–H and O–H groups in total. The van der Waals surface area contributed by atoms with E-state index < -0.39 is 27.6 Å². The Morgan fingerprint density at radius 2 is 1.03 bits per heavy atom. The van der Waals surface area contributed by atoms with Gasteiger partial charge in [-0.15, -0.1) is 12.4 Å². The van der Waals surface area contributed by atoms with E-state index in [1.165, 1.54) is 0 Å². The first-order valence-electron chi connectivity index (χ1n) is 10.4. The van der Waals surface area contributed by atoms with Gasteiger partial charge < -0.3 is 22.3 Å². The van der Waals surface area contributed by atoms with Crippen LogP contribution in [0.1, 0.15) is 59.1 Å². The maximum absolute atomic E-state index is 12.6. The molecule has 0 aliphatic heterocycles. The van der Waals surface area contributed by atoms with Gasteiger partial charge >= 0.3 is 0 Å². The van der Waals surface area contributed by atoms with Crippen molar-refractivity contribution < 1.29 is 5.11 Å². The summed E-state index contributed by atoms with van der Waals surface area (Å²) in [6.07, 6.45) is 0.604. The van der Waals surface area contributed by atoms with Crippen molar-refractivity contribution in [2.24, 2.45) is 28.0 Å². The average Bonchev–Trinajstić information content (AvgIpc) is 2.66. The molecule has 2 aromatic rings. The summed E-state index contributed by atoms with van der Waals surface area (Å²) >= 11 is 0. The van der Waals surface area contributed by atoms with Crippen LogP contribution >= 0.6 is 12.4 Å². The fourth-order valence-corrected chi connectivity index (χ4v) is 5.73. The van der Waals surface area contributed by atoms with Crippen molar-refractivity contribution >= 4 is 12.4 Å². The number of hydrogen-bond acceptors (Lipinski definition) is 4. The topological polar surface area (TPSA) is 98.3 Å². The highest BCUT2D eigenvalue weighted by atomic mass is 35.5. The van der Waals surface area contributed by atoms with Gasteiger partial charge in [-0.25, -0.2) is 0 Å². The van der Waals surface area contributed by atoms with E-state index in [-0.39, 0.29) is 17.8 Å². The van der Waals surface area contributed by atoms with Crippen molar-refractivity contribution in [3.8, 4) is 0 Å². The van der Waals surface area contributed by atoms with Gasteiger partial charge in [0.1, 0.15) is 5.60 Å². The van der Waals surface area contributed by atoms with Crippen molar-refractivity contribution in [2.45, 2.75) is 70.2 Å². The van der Waals surface area contributed by atoms with E-state index in [0.29, 0.717) is 6.42 Å². The lowest BCUT2D eigenvalue weighted by Gasteiger charge is -2.71. The highest BCUT2D eigenvalue weighted by Crippen LogP contribution is 2.64. The summed E-state index contributed by atoms with van der Waals surface area (Å²) in [5.41, 5.74) is 17.4. The molecule has 2 aromatic carbocycles. The Hall–Kier alpha value is -1.43. The predicted octanol–water partition coefficient (Wildman–Crippen LogP) is 3.93. The second-order valence-corrected chi connectivity index (χ2v) is 10.4. The lowest BCUT2D eigenvalue weighted by Crippen LogP contribution is -2.88. The molecule has 166 valence electrons. The molecule has 0 spiro atoms. The van der Waals surface area contributed by atoms with Gasteiger partial charge in [-0.2, -0.15) is 0 Å². The van der Waals surface area contributed by atoms with E-state index in [2.05, 4.69) is 20.8 Å². The molecule has 0 radical (unpaired) electrons. The van der Waals surface area contributed by atoms with E-state index in [9.17, 15) is 5.11 Å². The molecule has 1 saturated carbocycles. The van der Waals surface area contributed by atoms with E-state index in [0.717, 1.165) is 11.1 Å². The second-order valence-electron chi connectivity index (χ2n) is 10.4. The molecule has 4 nitrogen and oxygen atoms in total. The number of rotatable bonds is 3. The van der Waals surface area contributed by atoms with E-state index in [1.54, 1.807) is 0 Å². The van der Waals surface area contributed by atoms with Gasteiger partial charge in [-0.1, -0.05) is 81.4 Å². The number of nitrogens with two attached hydrogens (primary N) is 3. The van der Waals surface area contributed by atoms with Crippen molar-refractivity contribution in [1.29, 1.82) is 0 Å². The zero-order valence-electron chi connectivity index (χ0n) is 19.1. The summed E-state index contributed by atoms with van der Waals surface area (Å²) in [6.45, 7) is 12.2. The summed E-state index contributed by atoms with van der Waals surface area (Å²) in [4.78, 5) is 0. The first-order chi connectivity index (χ1) is 13.2. The van der Waals surface area contributed by atoms with Gasteiger partial charge in [0.25, 0.3) is 0 Å². The molecule has 0 heterocycles. The summed E-state index contributed by atoms with van der Waals surface area (Å²) < 4.78 is 0. The number of benzene rings is 2. The largest absolute Gasteiger partial charge is 0.380 e. The van der Waals surface area contributed by atoms with Crippen LogP contribution in [0.4, 0.5) is 0 Å². The van der Waals surface area contributed by atoms with E-state index in [4.69, 9.17) is 17.2 Å². The van der Waals surface area contributed by atoms with Crippen LogP contribution in [0.15, 0.2) is 60.7 Å². The maximum Gasteiger partial charge on any atom is 0.122 e. The van der Waals surface area contributed by atoms with Gasteiger partial charge in [0.15, 0.2) is 0 Å². The standard InChI is InChI=1S/C25H37N3O.ClH/c1-20(2)17-21(3,23(5,27)24(6,28)22(20,4)26)25(29,18-13-9-7-10-14-18)19-15-11-8-12-16-19;/h7-16,29H,17,26-28H2,1-6H3;1H. The minimum Gasteiger partial charge on any atom is -0.380 e. The van der Waals surface area contributed by atoms with Crippen LogP contribution in [-0.2, 0) is 5.60 Å². The Balaban J connectivity index is 0.00000320. The monoisotopic (exact) mass is 431 g/mol. The van der Waals surface area contributed by atoms with E-state index >= 15 is 0 Å². The third-order valence-electron chi connectivity index (χ3n) is 8.69. The smallest absolute Gasteiger partial charge is 0.122 e. The molecular weight excluding hydrogens is 394 g/mol. The molecule has 3 rings (SSSR count). The van der Waals surface area contributed by atoms with Gasteiger partial charge in [-0.05, 0) is 43.7 Å². The van der Waals surface area contributed by atoms with Crippen LogP contribution < -0.4 is 17.2 Å². The quantitative estimate of drug-likeness (QED) is 0.591. The van der Waals surface area contributed by atoms with Gasteiger partial charge in [0.2, 0.25) is 0 Å². The van der Waals surface area contributed by atoms with Crippen LogP contribution in [0.2, 0.25) is 0 Å². The van der Waals surface area contributed by atoms with Crippen molar-refractivity contribution in [3.05, 3.63) is 71.8 Å². The van der Waals surface area contributed by atoms with Crippen LogP contribution in [0.3, 0.4) is 0 Å². The first kappa shape index (κ1) is 24.8. The Morgan fingerprint density at radius 1 is 0.667 bits per heavy atom. The third-order valence-corrected chi connectivity index (χ3v) is 8.69. The molecule has 1 aliphatic carbocycles. The Kier molecular flexibility index (Phi) is 6.06. The van der Waals surface area contributed by atoms with Crippen LogP contribution in [0.5, 0.6) is 0 Å². The zero-order chi connectivity index (χ0) is 21.9. The fraction of sp³-hybridized carbons (Fsp3) is 0.520. The molecule has 30 heavy (non-hydrogen) atoms. The highest BCUT2D eigenvalue weighted by molar-refractivity contribution is 5.85. The highest BCUT2D eigenvalue weighted by Gasteiger charge is 2.73. The summed E-state index contributed by atoms with van der Waals surface area (Å²) in [5.74, 6) is 0. The maximum atomic E-state index is 12.6. The summed E-state index contributed by atoms with van der Waals surface area (Å²) in [6, 6.07) is 19.5. The van der Waals surface area contributed by atoms with Crippen molar-refractivity contribution in [1.82, 2.24) is 0 Å². The molecular formula is C25H38ClN3O. The van der Waals surface area contributed by atoms with Crippen LogP contribution in [0, 0.1) is 10.8 Å². The molecule has 1 aliphatic rings. The average molecular weight is 432 g/mol. The van der Waals surface area contributed by atoms with Gasteiger partial charge in [0.05, 0.1) is 0 Å². The van der Waals surface area contributed by atoms with E-state index in [1.807, 2.05) is 81.4 Å². The lowest BCUT2D eigenvalue weighted by atomic mass is 9.38. The SMILES string of the molecule is CC1(C)CC(C)(C(O)(c2ccccc2)c2ccccc2)C(C)(N)C(C)(N)C1(C)N.Cl. The van der Waals surface area contributed by atoms with Gasteiger partial charge in [0, 0.05) is 22.0 Å². The minimum atomic E-state index is -1.35. The third kappa shape index (κ3) is 2.89. The Bertz CT molecular complexity index is 838. The molecule has 1 fully saturated rings. The Labute approximate surface area is 187 Å². The Morgan fingerprint density at radius 3 is 1.40 bits per heavy atom. The minimum absolute atomic E-state index is 0. The second kappa shape index (κ2) is 7.32. The zero-order valence-corrected chi connectivity index (χ0v) is 19.9. The lowest BCUT2D eigenvalue weighted by molar-refractivity contribution is -0.183. The van der Waals surface area contributed by atoms with Crippen LogP contribution in [-0.4, -0.2) is 21.7 Å². The van der Waals surface area contributed by atoms with Crippen molar-refractivity contribution in [2.75, 3.05) is 0 Å². The number of hydrogen-bond donors (Lipinski definition) is 4. The molecule has 0 aromatic heterocycles. The molecule has 0 amide bonds. The number of aliphatic hydroxyl groups is 1. The number of halogens is 1. The molecule has 0 saturated heterocycles. The molecule has 0 bridgehead atoms. The fourth-order valence-electron chi connectivity index (χ4n) is 5.73.